The molecule has 0 saturated heterocycles. The predicted octanol–water partition coefficient (Wildman–Crippen LogP) is 6.55. The summed E-state index contributed by atoms with van der Waals surface area (Å²) in [6.45, 7) is 11.1. The molecule has 0 aromatic rings. The summed E-state index contributed by atoms with van der Waals surface area (Å²) in [7, 11) is 0. The van der Waals surface area contributed by atoms with Gasteiger partial charge in [0.25, 0.3) is 0 Å². The van der Waals surface area contributed by atoms with E-state index in [2.05, 4.69) is 20.8 Å². The van der Waals surface area contributed by atoms with Gasteiger partial charge in [-0.15, -0.1) is 0 Å². The van der Waals surface area contributed by atoms with Gasteiger partial charge in [-0.25, -0.2) is 0 Å². The van der Waals surface area contributed by atoms with Gasteiger partial charge in [0.2, 0.25) is 0 Å². The summed E-state index contributed by atoms with van der Waals surface area (Å²) in [5, 5.41) is 0. The SMILES string of the molecule is CC.CC(C)C1CC(C2CCC2)C1.CC1CC2CC2C1. The molecule has 4 saturated carbocycles. The molecule has 0 aromatic heterocycles. The van der Waals surface area contributed by atoms with Crippen molar-refractivity contribution in [2.75, 3.05) is 0 Å². The first-order valence-corrected chi connectivity index (χ1v) is 9.63. The number of fused-ring (bicyclic) bond motifs is 1. The van der Waals surface area contributed by atoms with Gasteiger partial charge in [-0.1, -0.05) is 53.9 Å². The van der Waals surface area contributed by atoms with E-state index in [0.29, 0.717) is 0 Å². The molecule has 0 heteroatoms. The maximum absolute atomic E-state index is 2.38. The zero-order chi connectivity index (χ0) is 14.7. The monoisotopic (exact) mass is 278 g/mol. The highest BCUT2D eigenvalue weighted by molar-refractivity contribution is 4.94. The van der Waals surface area contributed by atoms with Crippen LogP contribution in [-0.2, 0) is 0 Å². The fourth-order valence-electron chi connectivity index (χ4n) is 4.57. The van der Waals surface area contributed by atoms with Gasteiger partial charge in [-0.05, 0) is 73.5 Å². The molecule has 20 heavy (non-hydrogen) atoms. The van der Waals surface area contributed by atoms with Crippen molar-refractivity contribution in [1.82, 2.24) is 0 Å². The van der Waals surface area contributed by atoms with Crippen LogP contribution in [0.3, 0.4) is 0 Å². The fraction of sp³-hybridized carbons (Fsp3) is 1.00. The molecule has 0 aliphatic heterocycles. The second-order valence-electron chi connectivity index (χ2n) is 8.26. The molecule has 0 amide bonds. The van der Waals surface area contributed by atoms with Gasteiger partial charge in [-0.2, -0.15) is 0 Å². The molecule has 4 aliphatic rings. The van der Waals surface area contributed by atoms with E-state index < -0.39 is 0 Å². The van der Waals surface area contributed by atoms with E-state index >= 15 is 0 Å². The third-order valence-electron chi connectivity index (χ3n) is 6.45. The first kappa shape index (κ1) is 16.4. The minimum absolute atomic E-state index is 0.950. The van der Waals surface area contributed by atoms with E-state index in [1.165, 1.54) is 18.3 Å². The standard InChI is InChI=1S/C11H20.C7H12.C2H6/c1-8(2)10-6-11(7-10)9-4-3-5-9;1-5-2-6-4-7(6)3-5;1-2/h8-11H,3-7H2,1-2H3;5-7H,2-4H2,1H3;1-2H3. The second-order valence-corrected chi connectivity index (χ2v) is 8.26. The lowest BCUT2D eigenvalue weighted by Crippen LogP contribution is -2.35. The van der Waals surface area contributed by atoms with Crippen LogP contribution in [0.15, 0.2) is 0 Å². The fourth-order valence-corrected chi connectivity index (χ4v) is 4.57. The molecule has 4 rings (SSSR count). The van der Waals surface area contributed by atoms with Crippen LogP contribution in [0.1, 0.15) is 86.0 Å². The lowest BCUT2D eigenvalue weighted by molar-refractivity contribution is 0.0497. The van der Waals surface area contributed by atoms with E-state index in [4.69, 9.17) is 0 Å². The van der Waals surface area contributed by atoms with Crippen molar-refractivity contribution in [3.8, 4) is 0 Å². The highest BCUT2D eigenvalue weighted by atomic mass is 14.5. The van der Waals surface area contributed by atoms with Gasteiger partial charge in [0.15, 0.2) is 0 Å². The van der Waals surface area contributed by atoms with E-state index in [1.807, 2.05) is 13.8 Å². The van der Waals surface area contributed by atoms with Crippen LogP contribution in [0.4, 0.5) is 0 Å². The molecule has 0 N–H and O–H groups in total. The van der Waals surface area contributed by atoms with E-state index in [1.54, 1.807) is 44.9 Å². The first-order valence-electron chi connectivity index (χ1n) is 9.63. The summed E-state index contributed by atoms with van der Waals surface area (Å²) in [5.41, 5.74) is 0. The zero-order valence-electron chi connectivity index (χ0n) is 14.7. The summed E-state index contributed by atoms with van der Waals surface area (Å²) < 4.78 is 0. The number of hydrogen-bond acceptors (Lipinski definition) is 0. The minimum Gasteiger partial charge on any atom is -0.0683 e. The van der Waals surface area contributed by atoms with Crippen LogP contribution < -0.4 is 0 Å². The van der Waals surface area contributed by atoms with Crippen LogP contribution in [0, 0.1) is 41.4 Å². The van der Waals surface area contributed by atoms with Crippen molar-refractivity contribution >= 4 is 0 Å². The average molecular weight is 279 g/mol. The average Bonchev–Trinajstić information content (AvgIpc) is 2.92. The number of rotatable bonds is 2. The van der Waals surface area contributed by atoms with Crippen LogP contribution in [-0.4, -0.2) is 0 Å². The van der Waals surface area contributed by atoms with Crippen molar-refractivity contribution in [2.45, 2.75) is 86.0 Å². The Balaban J connectivity index is 0.000000140. The molecule has 0 nitrogen and oxygen atoms in total. The van der Waals surface area contributed by atoms with Gasteiger partial charge in [0.1, 0.15) is 0 Å². The van der Waals surface area contributed by atoms with Gasteiger partial charge >= 0.3 is 0 Å². The van der Waals surface area contributed by atoms with Crippen LogP contribution in [0.25, 0.3) is 0 Å². The van der Waals surface area contributed by atoms with Crippen LogP contribution in [0.5, 0.6) is 0 Å². The Morgan fingerprint density at radius 2 is 1.20 bits per heavy atom. The summed E-state index contributed by atoms with van der Waals surface area (Å²) in [4.78, 5) is 0. The Labute approximate surface area is 128 Å². The molecule has 0 spiro atoms. The second kappa shape index (κ2) is 7.32. The summed E-state index contributed by atoms with van der Waals surface area (Å²) in [6, 6.07) is 0. The van der Waals surface area contributed by atoms with Crippen molar-refractivity contribution in [3.05, 3.63) is 0 Å². The van der Waals surface area contributed by atoms with Gasteiger partial charge in [0, 0.05) is 0 Å². The molecule has 0 bridgehead atoms. The van der Waals surface area contributed by atoms with Gasteiger partial charge < -0.3 is 0 Å². The topological polar surface area (TPSA) is 0 Å². The smallest absolute Gasteiger partial charge is 0.0380 e. The molecule has 118 valence electrons. The molecular formula is C20H38. The Kier molecular flexibility index (Phi) is 5.99. The molecular weight excluding hydrogens is 240 g/mol. The van der Waals surface area contributed by atoms with Crippen molar-refractivity contribution < 1.29 is 0 Å². The Hall–Kier alpha value is 0. The molecule has 4 fully saturated rings. The highest BCUT2D eigenvalue weighted by Gasteiger charge is 2.43. The molecule has 0 heterocycles. The lowest BCUT2D eigenvalue weighted by atomic mass is 9.60. The summed E-state index contributed by atoms with van der Waals surface area (Å²) >= 11 is 0. The Morgan fingerprint density at radius 3 is 1.50 bits per heavy atom. The number of hydrogen-bond donors (Lipinski definition) is 0. The highest BCUT2D eigenvalue weighted by Crippen LogP contribution is 2.54. The molecule has 2 atom stereocenters. The predicted molar refractivity (Wildman–Crippen MR) is 89.7 cm³/mol. The van der Waals surface area contributed by atoms with Gasteiger partial charge in [-0.3, -0.25) is 0 Å². The Morgan fingerprint density at radius 1 is 0.700 bits per heavy atom. The van der Waals surface area contributed by atoms with Crippen LogP contribution >= 0.6 is 0 Å². The third kappa shape index (κ3) is 4.01. The maximum Gasteiger partial charge on any atom is -0.0380 e. The van der Waals surface area contributed by atoms with Crippen molar-refractivity contribution in [1.29, 1.82) is 0 Å². The third-order valence-corrected chi connectivity index (χ3v) is 6.45. The molecule has 4 aliphatic carbocycles. The quantitative estimate of drug-likeness (QED) is 0.537. The van der Waals surface area contributed by atoms with Crippen LogP contribution in [0.2, 0.25) is 0 Å². The maximum atomic E-state index is 2.38. The molecule has 0 aromatic carbocycles. The van der Waals surface area contributed by atoms with E-state index in [0.717, 1.165) is 29.6 Å². The zero-order valence-corrected chi connectivity index (χ0v) is 14.7. The van der Waals surface area contributed by atoms with Crippen molar-refractivity contribution in [2.24, 2.45) is 41.4 Å². The van der Waals surface area contributed by atoms with Gasteiger partial charge in [0.05, 0.1) is 0 Å². The Bertz CT molecular complexity index is 260. The van der Waals surface area contributed by atoms with E-state index in [9.17, 15) is 0 Å². The van der Waals surface area contributed by atoms with E-state index in [-0.39, 0.29) is 0 Å². The first-order chi connectivity index (χ1) is 9.63. The molecule has 0 radical (unpaired) electrons. The summed E-state index contributed by atoms with van der Waals surface area (Å²) in [6.07, 6.45) is 12.4. The normalized spacial score (nSPS) is 41.4. The summed E-state index contributed by atoms with van der Waals surface area (Å²) in [5.74, 6) is 7.79. The molecule has 2 unspecified atom stereocenters. The van der Waals surface area contributed by atoms with Crippen molar-refractivity contribution in [3.63, 3.8) is 0 Å². The minimum atomic E-state index is 0.950. The lowest BCUT2D eigenvalue weighted by Gasteiger charge is -2.46. The largest absolute Gasteiger partial charge is 0.0683 e.